The second-order valence-electron chi connectivity index (χ2n) is 8.27. The minimum Gasteiger partial charge on any atom is -0.493 e. The number of anilines is 1. The number of rotatable bonds is 7. The van der Waals surface area contributed by atoms with Gasteiger partial charge in [0, 0.05) is 47.7 Å². The molecule has 3 aromatic rings. The number of hydrogen-bond donors (Lipinski definition) is 1. The van der Waals surface area contributed by atoms with Crippen LogP contribution in [0.3, 0.4) is 0 Å². The van der Waals surface area contributed by atoms with E-state index in [1.807, 2.05) is 48.1 Å². The number of carbonyl (C=O) groups is 1. The van der Waals surface area contributed by atoms with Gasteiger partial charge in [0.25, 0.3) is 0 Å². The predicted molar refractivity (Wildman–Crippen MR) is 127 cm³/mol. The highest BCUT2D eigenvalue weighted by atomic mass is 16.5. The topological polar surface area (TPSA) is 67.6 Å². The first-order valence-electron chi connectivity index (χ1n) is 11.0. The summed E-state index contributed by atoms with van der Waals surface area (Å²) in [6, 6.07) is 14.5. The van der Waals surface area contributed by atoms with Gasteiger partial charge in [0.05, 0.1) is 12.8 Å². The maximum Gasteiger partial charge on any atom is 0.331 e. The molecule has 166 valence electrons. The molecule has 1 aliphatic rings. The van der Waals surface area contributed by atoms with Crippen molar-refractivity contribution in [2.45, 2.75) is 39.8 Å². The van der Waals surface area contributed by atoms with Gasteiger partial charge in [0.2, 0.25) is 0 Å². The molecular formula is C26H29N3O3. The van der Waals surface area contributed by atoms with Gasteiger partial charge in [0.1, 0.15) is 5.75 Å². The van der Waals surface area contributed by atoms with Crippen LogP contribution in [0.1, 0.15) is 44.4 Å². The van der Waals surface area contributed by atoms with E-state index in [9.17, 15) is 9.90 Å². The van der Waals surface area contributed by atoms with E-state index >= 15 is 0 Å². The Morgan fingerprint density at radius 3 is 2.75 bits per heavy atom. The minimum absolute atomic E-state index is 0.299. The summed E-state index contributed by atoms with van der Waals surface area (Å²) in [4.78, 5) is 14.1. The number of carboxylic acid groups (broad SMARTS) is 1. The third-order valence-corrected chi connectivity index (χ3v) is 5.68. The summed E-state index contributed by atoms with van der Waals surface area (Å²) < 4.78 is 7.76. The van der Waals surface area contributed by atoms with Crippen molar-refractivity contribution in [3.63, 3.8) is 0 Å². The van der Waals surface area contributed by atoms with Gasteiger partial charge < -0.3 is 14.7 Å². The Morgan fingerprint density at radius 2 is 2.03 bits per heavy atom. The van der Waals surface area contributed by atoms with E-state index in [-0.39, 0.29) is 0 Å². The maximum absolute atomic E-state index is 11.8. The Balaban J connectivity index is 1.73. The second kappa shape index (κ2) is 9.30. The van der Waals surface area contributed by atoms with Crippen LogP contribution >= 0.6 is 0 Å². The van der Waals surface area contributed by atoms with Crippen molar-refractivity contribution in [1.29, 1.82) is 0 Å². The van der Waals surface area contributed by atoms with Gasteiger partial charge in [-0.15, -0.1) is 0 Å². The van der Waals surface area contributed by atoms with Crippen LogP contribution in [0, 0.1) is 0 Å². The molecule has 0 unspecified atom stereocenters. The molecule has 1 aromatic heterocycles. The zero-order valence-corrected chi connectivity index (χ0v) is 18.8. The fraction of sp³-hybridized carbons (Fsp3) is 0.308. The van der Waals surface area contributed by atoms with E-state index in [2.05, 4.69) is 48.2 Å². The van der Waals surface area contributed by atoms with Crippen LogP contribution in [0.15, 0.2) is 60.4 Å². The number of ether oxygens (including phenoxy) is 1. The average Bonchev–Trinajstić information content (AvgIpc) is 3.17. The Morgan fingerprint density at radius 1 is 1.22 bits per heavy atom. The number of fused-ring (bicyclic) bond motifs is 1. The number of nitrogens with zero attached hydrogens (tertiary/aromatic N) is 3. The average molecular weight is 432 g/mol. The van der Waals surface area contributed by atoms with Crippen molar-refractivity contribution in [2.75, 3.05) is 18.1 Å². The van der Waals surface area contributed by atoms with Gasteiger partial charge >= 0.3 is 5.97 Å². The van der Waals surface area contributed by atoms with Crippen LogP contribution in [-0.4, -0.2) is 34.0 Å². The van der Waals surface area contributed by atoms with E-state index in [0.717, 1.165) is 33.7 Å². The molecule has 0 amide bonds. The van der Waals surface area contributed by atoms with Crippen LogP contribution in [0.25, 0.3) is 17.2 Å². The van der Waals surface area contributed by atoms with Crippen LogP contribution in [0.5, 0.6) is 5.75 Å². The van der Waals surface area contributed by atoms with Gasteiger partial charge in [-0.05, 0) is 62.6 Å². The molecule has 32 heavy (non-hydrogen) atoms. The summed E-state index contributed by atoms with van der Waals surface area (Å²) in [6.07, 6.45) is 6.24. The number of para-hydroxylation sites is 1. The fourth-order valence-corrected chi connectivity index (χ4v) is 4.04. The number of hydrogen-bond acceptors (Lipinski definition) is 4. The summed E-state index contributed by atoms with van der Waals surface area (Å²) in [5, 5.41) is 14.2. The summed E-state index contributed by atoms with van der Waals surface area (Å²) in [6.45, 7) is 8.06. The molecule has 1 N–H and O–H groups in total. The standard InChI is InChI=1S/C26H29N3O3/c1-4-32-25-8-6-5-7-23(25)20-9-10-24-22(13-20)14-21(26(30)31)11-12-28(24)16-19-15-27-29(17-19)18(2)3/h5-10,13-15,17-18H,4,11-12,16H2,1-3H3,(H,30,31). The van der Waals surface area contributed by atoms with Crippen molar-refractivity contribution in [3.8, 4) is 16.9 Å². The van der Waals surface area contributed by atoms with Crippen LogP contribution in [0.4, 0.5) is 5.69 Å². The Labute approximate surface area is 188 Å². The lowest BCUT2D eigenvalue weighted by Gasteiger charge is -2.25. The van der Waals surface area contributed by atoms with Crippen molar-refractivity contribution in [1.82, 2.24) is 9.78 Å². The third kappa shape index (κ3) is 4.54. The molecule has 0 saturated carbocycles. The van der Waals surface area contributed by atoms with Crippen LogP contribution in [-0.2, 0) is 11.3 Å². The molecule has 0 aliphatic carbocycles. The van der Waals surface area contributed by atoms with E-state index in [4.69, 9.17) is 4.74 Å². The Hall–Kier alpha value is -3.54. The lowest BCUT2D eigenvalue weighted by molar-refractivity contribution is -0.132. The van der Waals surface area contributed by atoms with Crippen molar-refractivity contribution in [2.24, 2.45) is 0 Å². The second-order valence-corrected chi connectivity index (χ2v) is 8.27. The first-order chi connectivity index (χ1) is 15.5. The van der Waals surface area contributed by atoms with Crippen molar-refractivity contribution >= 4 is 17.7 Å². The molecule has 0 bridgehead atoms. The molecule has 0 saturated heterocycles. The molecule has 2 heterocycles. The summed E-state index contributed by atoms with van der Waals surface area (Å²) in [5.41, 5.74) is 5.45. The summed E-state index contributed by atoms with van der Waals surface area (Å²) in [5.74, 6) is -0.0467. The molecule has 2 aromatic carbocycles. The molecule has 0 fully saturated rings. The van der Waals surface area contributed by atoms with E-state index in [1.54, 1.807) is 0 Å². The summed E-state index contributed by atoms with van der Waals surface area (Å²) >= 11 is 0. The zero-order chi connectivity index (χ0) is 22.7. The van der Waals surface area contributed by atoms with Crippen LogP contribution < -0.4 is 9.64 Å². The monoisotopic (exact) mass is 431 g/mol. The van der Waals surface area contributed by atoms with Gasteiger partial charge in [-0.1, -0.05) is 24.3 Å². The first-order valence-corrected chi connectivity index (χ1v) is 11.0. The lowest BCUT2D eigenvalue weighted by Crippen LogP contribution is -2.24. The molecular weight excluding hydrogens is 402 g/mol. The fourth-order valence-electron chi connectivity index (χ4n) is 4.04. The highest BCUT2D eigenvalue weighted by Gasteiger charge is 2.21. The largest absolute Gasteiger partial charge is 0.493 e. The molecule has 0 atom stereocenters. The highest BCUT2D eigenvalue weighted by Crippen LogP contribution is 2.36. The lowest BCUT2D eigenvalue weighted by atomic mass is 9.99. The smallest absolute Gasteiger partial charge is 0.331 e. The Kier molecular flexibility index (Phi) is 6.30. The first kappa shape index (κ1) is 21.7. The number of aromatic nitrogens is 2. The molecule has 1 aliphatic heterocycles. The summed E-state index contributed by atoms with van der Waals surface area (Å²) in [7, 11) is 0. The van der Waals surface area contributed by atoms with Crippen LogP contribution in [0.2, 0.25) is 0 Å². The van der Waals surface area contributed by atoms with Gasteiger partial charge in [-0.2, -0.15) is 5.10 Å². The number of aliphatic carboxylic acids is 1. The molecule has 6 nitrogen and oxygen atoms in total. The molecule has 4 rings (SSSR count). The Bertz CT molecular complexity index is 1150. The quantitative estimate of drug-likeness (QED) is 0.542. The van der Waals surface area contributed by atoms with E-state index < -0.39 is 5.97 Å². The van der Waals surface area contributed by atoms with E-state index in [1.165, 1.54) is 0 Å². The third-order valence-electron chi connectivity index (χ3n) is 5.68. The normalized spacial score (nSPS) is 13.5. The minimum atomic E-state index is -0.870. The zero-order valence-electron chi connectivity index (χ0n) is 18.8. The van der Waals surface area contributed by atoms with Gasteiger partial charge in [-0.25, -0.2) is 4.79 Å². The SMILES string of the molecule is CCOc1ccccc1-c1ccc2c(c1)C=C(C(=O)O)CCN2Cc1cnn(C(C)C)c1. The molecule has 0 radical (unpaired) electrons. The van der Waals surface area contributed by atoms with Gasteiger partial charge in [0.15, 0.2) is 0 Å². The number of benzene rings is 2. The van der Waals surface area contributed by atoms with Crippen molar-refractivity contribution in [3.05, 3.63) is 71.6 Å². The van der Waals surface area contributed by atoms with Crippen molar-refractivity contribution < 1.29 is 14.6 Å². The number of carboxylic acids is 1. The predicted octanol–water partition coefficient (Wildman–Crippen LogP) is 5.41. The molecule has 6 heteroatoms. The molecule has 0 spiro atoms. The maximum atomic E-state index is 11.8. The van der Waals surface area contributed by atoms with E-state index in [0.29, 0.717) is 37.7 Å². The highest BCUT2D eigenvalue weighted by molar-refractivity contribution is 5.94. The van der Waals surface area contributed by atoms with Gasteiger partial charge in [-0.3, -0.25) is 4.68 Å².